The van der Waals surface area contributed by atoms with Gasteiger partial charge in [-0.3, -0.25) is 9.59 Å². The Hall–Kier alpha value is -2.10. The Labute approximate surface area is 119 Å². The predicted molar refractivity (Wildman–Crippen MR) is 78.0 cm³/mol. The summed E-state index contributed by atoms with van der Waals surface area (Å²) in [6, 6.07) is 10.0. The summed E-state index contributed by atoms with van der Waals surface area (Å²) in [7, 11) is 0. The third-order valence-corrected chi connectivity index (χ3v) is 3.44. The van der Waals surface area contributed by atoms with E-state index in [9.17, 15) is 9.59 Å². The Morgan fingerprint density at radius 2 is 1.80 bits per heavy atom. The summed E-state index contributed by atoms with van der Waals surface area (Å²) in [5.41, 5.74) is 1.20. The zero-order chi connectivity index (χ0) is 14.4. The molecule has 0 radical (unpaired) electrons. The average molecular weight is 272 g/mol. The van der Waals surface area contributed by atoms with Crippen molar-refractivity contribution in [2.75, 3.05) is 13.1 Å². The van der Waals surface area contributed by atoms with Gasteiger partial charge >= 0.3 is 0 Å². The predicted octanol–water partition coefficient (Wildman–Crippen LogP) is 1.28. The van der Waals surface area contributed by atoms with Crippen LogP contribution in [0.3, 0.4) is 0 Å². The Bertz CT molecular complexity index is 485. The molecule has 2 rings (SSSR count). The highest BCUT2D eigenvalue weighted by atomic mass is 16.2. The van der Waals surface area contributed by atoms with Gasteiger partial charge in [0.15, 0.2) is 0 Å². The lowest BCUT2D eigenvalue weighted by molar-refractivity contribution is -0.127. The van der Waals surface area contributed by atoms with Crippen LogP contribution in [0.1, 0.15) is 12.0 Å². The highest BCUT2D eigenvalue weighted by Crippen LogP contribution is 2.38. The van der Waals surface area contributed by atoms with Gasteiger partial charge in [0.1, 0.15) is 0 Å². The fourth-order valence-corrected chi connectivity index (χ4v) is 2.18. The molecule has 0 heterocycles. The smallest absolute Gasteiger partial charge is 0.224 e. The fraction of sp³-hybridized carbons (Fsp3) is 0.375. The van der Waals surface area contributed by atoms with E-state index in [0.717, 1.165) is 6.42 Å². The topological polar surface area (TPSA) is 58.2 Å². The average Bonchev–Trinajstić information content (AvgIpc) is 3.26. The molecule has 2 N–H and O–H groups in total. The second-order valence-corrected chi connectivity index (χ2v) is 5.01. The molecule has 2 amide bonds. The van der Waals surface area contributed by atoms with Crippen LogP contribution < -0.4 is 10.6 Å². The van der Waals surface area contributed by atoms with Gasteiger partial charge in [0, 0.05) is 13.1 Å². The number of amides is 2. The summed E-state index contributed by atoms with van der Waals surface area (Å²) in [4.78, 5) is 23.5. The quantitative estimate of drug-likeness (QED) is 0.735. The third-order valence-electron chi connectivity index (χ3n) is 3.44. The van der Waals surface area contributed by atoms with Crippen molar-refractivity contribution < 1.29 is 9.59 Å². The van der Waals surface area contributed by atoms with E-state index < -0.39 is 0 Å². The minimum absolute atomic E-state index is 0.0142. The largest absolute Gasteiger partial charge is 0.356 e. The summed E-state index contributed by atoms with van der Waals surface area (Å²) in [5.74, 6) is -0.380. The monoisotopic (exact) mass is 272 g/mol. The summed E-state index contributed by atoms with van der Waals surface area (Å²) in [5, 5.41) is 5.62. The molecule has 1 saturated carbocycles. The Morgan fingerprint density at radius 3 is 2.45 bits per heavy atom. The van der Waals surface area contributed by atoms with Crippen molar-refractivity contribution in [3.8, 4) is 0 Å². The maximum absolute atomic E-state index is 11.9. The van der Waals surface area contributed by atoms with Crippen LogP contribution >= 0.6 is 0 Å². The van der Waals surface area contributed by atoms with E-state index in [0.29, 0.717) is 19.5 Å². The van der Waals surface area contributed by atoms with E-state index in [-0.39, 0.29) is 23.7 Å². The van der Waals surface area contributed by atoms with Gasteiger partial charge in [-0.15, -0.1) is 6.58 Å². The van der Waals surface area contributed by atoms with Crippen molar-refractivity contribution in [3.05, 3.63) is 48.6 Å². The van der Waals surface area contributed by atoms with Crippen LogP contribution in [0.4, 0.5) is 0 Å². The first-order valence-corrected chi connectivity index (χ1v) is 6.92. The van der Waals surface area contributed by atoms with Gasteiger partial charge in [0.2, 0.25) is 11.8 Å². The van der Waals surface area contributed by atoms with Gasteiger partial charge in [0.25, 0.3) is 0 Å². The van der Waals surface area contributed by atoms with Gasteiger partial charge in [-0.2, -0.15) is 0 Å². The SMILES string of the molecule is C=CCNC(=O)C1CC1C(=O)NCCc1ccccc1. The van der Waals surface area contributed by atoms with E-state index in [4.69, 9.17) is 0 Å². The molecule has 0 bridgehead atoms. The first-order chi connectivity index (χ1) is 9.72. The zero-order valence-corrected chi connectivity index (χ0v) is 11.5. The van der Waals surface area contributed by atoms with Crippen LogP contribution in [-0.2, 0) is 16.0 Å². The lowest BCUT2D eigenvalue weighted by Crippen LogP contribution is -2.31. The van der Waals surface area contributed by atoms with E-state index >= 15 is 0 Å². The van der Waals surface area contributed by atoms with Crippen molar-refractivity contribution in [2.24, 2.45) is 11.8 Å². The van der Waals surface area contributed by atoms with Crippen LogP contribution in [0.15, 0.2) is 43.0 Å². The highest BCUT2D eigenvalue weighted by molar-refractivity contribution is 5.92. The molecule has 0 aliphatic heterocycles. The third kappa shape index (κ3) is 3.95. The van der Waals surface area contributed by atoms with Crippen LogP contribution in [0.5, 0.6) is 0 Å². The number of carbonyl (C=O) groups excluding carboxylic acids is 2. The zero-order valence-electron chi connectivity index (χ0n) is 11.5. The number of hydrogen-bond acceptors (Lipinski definition) is 2. The van der Waals surface area contributed by atoms with Crippen molar-refractivity contribution in [3.63, 3.8) is 0 Å². The minimum Gasteiger partial charge on any atom is -0.356 e. The maximum atomic E-state index is 11.9. The van der Waals surface area contributed by atoms with Crippen molar-refractivity contribution in [1.29, 1.82) is 0 Å². The summed E-state index contributed by atoms with van der Waals surface area (Å²) < 4.78 is 0. The van der Waals surface area contributed by atoms with Crippen LogP contribution in [0.2, 0.25) is 0 Å². The molecule has 2 atom stereocenters. The molecular weight excluding hydrogens is 252 g/mol. The fourth-order valence-electron chi connectivity index (χ4n) is 2.18. The molecule has 0 spiro atoms. The summed E-state index contributed by atoms with van der Waals surface area (Å²) in [6.07, 6.45) is 3.10. The Kier molecular flexibility index (Phi) is 4.93. The first-order valence-electron chi connectivity index (χ1n) is 6.92. The number of hydrogen-bond donors (Lipinski definition) is 2. The minimum atomic E-state index is -0.160. The van der Waals surface area contributed by atoms with E-state index in [1.165, 1.54) is 5.56 Å². The van der Waals surface area contributed by atoms with Gasteiger partial charge < -0.3 is 10.6 Å². The van der Waals surface area contributed by atoms with Crippen LogP contribution in [-0.4, -0.2) is 24.9 Å². The molecular formula is C16H20N2O2. The standard InChI is InChI=1S/C16H20N2O2/c1-2-9-17-15(19)13-11-14(13)16(20)18-10-8-12-6-4-3-5-7-12/h2-7,13-14H,1,8-11H2,(H,17,19)(H,18,20). The van der Waals surface area contributed by atoms with E-state index in [1.807, 2.05) is 30.3 Å². The summed E-state index contributed by atoms with van der Waals surface area (Å²) in [6.45, 7) is 4.61. The molecule has 1 fully saturated rings. The molecule has 20 heavy (non-hydrogen) atoms. The van der Waals surface area contributed by atoms with Crippen molar-refractivity contribution >= 4 is 11.8 Å². The first kappa shape index (κ1) is 14.3. The summed E-state index contributed by atoms with van der Waals surface area (Å²) >= 11 is 0. The lowest BCUT2D eigenvalue weighted by atomic mass is 10.1. The molecule has 4 nitrogen and oxygen atoms in total. The molecule has 1 aromatic rings. The second kappa shape index (κ2) is 6.89. The lowest BCUT2D eigenvalue weighted by Gasteiger charge is -2.05. The van der Waals surface area contributed by atoms with Crippen molar-refractivity contribution in [2.45, 2.75) is 12.8 Å². The molecule has 0 aromatic heterocycles. The number of nitrogens with one attached hydrogen (secondary N) is 2. The highest BCUT2D eigenvalue weighted by Gasteiger charge is 2.47. The van der Waals surface area contributed by atoms with E-state index in [1.54, 1.807) is 6.08 Å². The molecule has 4 heteroatoms. The molecule has 1 aromatic carbocycles. The molecule has 106 valence electrons. The van der Waals surface area contributed by atoms with Crippen LogP contribution in [0, 0.1) is 11.8 Å². The number of rotatable bonds is 7. The normalized spacial score (nSPS) is 20.0. The molecule has 0 saturated heterocycles. The molecule has 1 aliphatic carbocycles. The van der Waals surface area contributed by atoms with Gasteiger partial charge in [-0.25, -0.2) is 0 Å². The Balaban J connectivity index is 1.67. The second-order valence-electron chi connectivity index (χ2n) is 5.01. The Morgan fingerprint density at radius 1 is 1.15 bits per heavy atom. The maximum Gasteiger partial charge on any atom is 0.224 e. The van der Waals surface area contributed by atoms with Gasteiger partial charge in [0.05, 0.1) is 11.8 Å². The number of benzene rings is 1. The molecule has 2 unspecified atom stereocenters. The van der Waals surface area contributed by atoms with Crippen molar-refractivity contribution in [1.82, 2.24) is 10.6 Å². The van der Waals surface area contributed by atoms with Crippen LogP contribution in [0.25, 0.3) is 0 Å². The van der Waals surface area contributed by atoms with Gasteiger partial charge in [-0.05, 0) is 18.4 Å². The van der Waals surface area contributed by atoms with E-state index in [2.05, 4.69) is 17.2 Å². The molecule has 1 aliphatic rings. The van der Waals surface area contributed by atoms with Gasteiger partial charge in [-0.1, -0.05) is 36.4 Å². The number of carbonyl (C=O) groups is 2.